The van der Waals surface area contributed by atoms with Crippen molar-refractivity contribution in [3.63, 3.8) is 0 Å². The summed E-state index contributed by atoms with van der Waals surface area (Å²) in [4.78, 5) is 6.54. The van der Waals surface area contributed by atoms with Gasteiger partial charge in [-0.25, -0.2) is 4.98 Å². The standard InChI is InChI=1S/C11H16ClN3/c1-8-4-10(13)7-15(6-8)11-3-2-9(12)5-14-11/h2-3,5,8,10H,4,6-7,13H2,1H3. The highest BCUT2D eigenvalue weighted by Crippen LogP contribution is 2.21. The quantitative estimate of drug-likeness (QED) is 0.794. The van der Waals surface area contributed by atoms with Gasteiger partial charge in [-0.2, -0.15) is 0 Å². The van der Waals surface area contributed by atoms with Crippen LogP contribution in [-0.4, -0.2) is 24.1 Å². The van der Waals surface area contributed by atoms with Crippen molar-refractivity contribution >= 4 is 17.4 Å². The summed E-state index contributed by atoms with van der Waals surface area (Å²) >= 11 is 5.80. The average Bonchev–Trinajstić information content (AvgIpc) is 2.17. The third kappa shape index (κ3) is 2.61. The lowest BCUT2D eigenvalue weighted by Crippen LogP contribution is -2.46. The van der Waals surface area contributed by atoms with Gasteiger partial charge < -0.3 is 10.6 Å². The van der Waals surface area contributed by atoms with Crippen LogP contribution in [0, 0.1) is 5.92 Å². The van der Waals surface area contributed by atoms with E-state index in [-0.39, 0.29) is 6.04 Å². The van der Waals surface area contributed by atoms with Crippen molar-refractivity contribution in [1.29, 1.82) is 0 Å². The molecule has 0 aromatic carbocycles. The highest BCUT2D eigenvalue weighted by molar-refractivity contribution is 6.30. The lowest BCUT2D eigenvalue weighted by molar-refractivity contribution is 0.400. The molecule has 1 aromatic rings. The van der Waals surface area contributed by atoms with Crippen LogP contribution in [0.1, 0.15) is 13.3 Å². The Hall–Kier alpha value is -0.800. The van der Waals surface area contributed by atoms with Gasteiger partial charge in [0, 0.05) is 25.3 Å². The summed E-state index contributed by atoms with van der Waals surface area (Å²) in [5.74, 6) is 1.60. The molecule has 3 nitrogen and oxygen atoms in total. The molecule has 0 amide bonds. The van der Waals surface area contributed by atoms with E-state index in [2.05, 4.69) is 16.8 Å². The summed E-state index contributed by atoms with van der Waals surface area (Å²) in [6.07, 6.45) is 2.78. The molecule has 1 saturated heterocycles. The van der Waals surface area contributed by atoms with E-state index < -0.39 is 0 Å². The molecule has 4 heteroatoms. The molecule has 0 spiro atoms. The molecule has 1 aliphatic heterocycles. The van der Waals surface area contributed by atoms with Gasteiger partial charge in [-0.05, 0) is 24.5 Å². The number of halogens is 1. The lowest BCUT2D eigenvalue weighted by Gasteiger charge is -2.35. The minimum absolute atomic E-state index is 0.256. The van der Waals surface area contributed by atoms with Crippen LogP contribution in [-0.2, 0) is 0 Å². The average molecular weight is 226 g/mol. The molecule has 2 atom stereocenters. The smallest absolute Gasteiger partial charge is 0.128 e. The number of aromatic nitrogens is 1. The van der Waals surface area contributed by atoms with Gasteiger partial charge in [0.2, 0.25) is 0 Å². The summed E-state index contributed by atoms with van der Waals surface area (Å²) < 4.78 is 0. The molecule has 2 unspecified atom stereocenters. The summed E-state index contributed by atoms with van der Waals surface area (Å²) in [7, 11) is 0. The first-order chi connectivity index (χ1) is 7.15. The Morgan fingerprint density at radius 3 is 2.87 bits per heavy atom. The van der Waals surface area contributed by atoms with Crippen LogP contribution in [0.25, 0.3) is 0 Å². The first-order valence-electron chi connectivity index (χ1n) is 5.27. The van der Waals surface area contributed by atoms with Gasteiger partial charge in [-0.1, -0.05) is 18.5 Å². The highest BCUT2D eigenvalue weighted by atomic mass is 35.5. The molecule has 2 N–H and O–H groups in total. The van der Waals surface area contributed by atoms with Crippen molar-refractivity contribution in [2.45, 2.75) is 19.4 Å². The van der Waals surface area contributed by atoms with Crippen LogP contribution in [0.15, 0.2) is 18.3 Å². The molecule has 2 heterocycles. The molecular formula is C11H16ClN3. The van der Waals surface area contributed by atoms with Gasteiger partial charge in [0.05, 0.1) is 5.02 Å². The Labute approximate surface area is 95.2 Å². The molecule has 2 rings (SSSR count). The number of pyridine rings is 1. The van der Waals surface area contributed by atoms with E-state index in [9.17, 15) is 0 Å². The molecule has 1 aliphatic rings. The second kappa shape index (κ2) is 4.37. The van der Waals surface area contributed by atoms with Crippen molar-refractivity contribution in [3.8, 4) is 0 Å². The third-order valence-corrected chi connectivity index (χ3v) is 2.95. The zero-order valence-corrected chi connectivity index (χ0v) is 9.61. The zero-order valence-electron chi connectivity index (χ0n) is 8.86. The summed E-state index contributed by atoms with van der Waals surface area (Å²) in [6, 6.07) is 4.08. The predicted molar refractivity (Wildman–Crippen MR) is 63.2 cm³/mol. The third-order valence-electron chi connectivity index (χ3n) is 2.73. The molecule has 82 valence electrons. The largest absolute Gasteiger partial charge is 0.355 e. The molecule has 1 aromatic heterocycles. The Morgan fingerprint density at radius 2 is 2.27 bits per heavy atom. The van der Waals surface area contributed by atoms with Crippen LogP contribution >= 0.6 is 11.6 Å². The van der Waals surface area contributed by atoms with Crippen LogP contribution < -0.4 is 10.6 Å². The number of piperidine rings is 1. The lowest BCUT2D eigenvalue weighted by atomic mass is 9.97. The van der Waals surface area contributed by atoms with Crippen LogP contribution in [0.3, 0.4) is 0 Å². The van der Waals surface area contributed by atoms with Gasteiger partial charge >= 0.3 is 0 Å². The minimum atomic E-state index is 0.256. The minimum Gasteiger partial charge on any atom is -0.355 e. The van der Waals surface area contributed by atoms with Crippen molar-refractivity contribution in [1.82, 2.24) is 4.98 Å². The van der Waals surface area contributed by atoms with E-state index in [1.807, 2.05) is 12.1 Å². The fourth-order valence-electron chi connectivity index (χ4n) is 2.14. The van der Waals surface area contributed by atoms with E-state index in [0.29, 0.717) is 10.9 Å². The van der Waals surface area contributed by atoms with Crippen molar-refractivity contribution in [3.05, 3.63) is 23.4 Å². The van der Waals surface area contributed by atoms with Crippen LogP contribution in [0.2, 0.25) is 5.02 Å². The Morgan fingerprint density at radius 1 is 1.47 bits per heavy atom. The normalized spacial score (nSPS) is 26.7. The van der Waals surface area contributed by atoms with E-state index >= 15 is 0 Å². The number of hydrogen-bond acceptors (Lipinski definition) is 3. The van der Waals surface area contributed by atoms with Crippen LogP contribution in [0.4, 0.5) is 5.82 Å². The molecule has 0 radical (unpaired) electrons. The molecule has 1 fully saturated rings. The molecular weight excluding hydrogens is 210 g/mol. The Bertz CT molecular complexity index is 315. The topological polar surface area (TPSA) is 42.1 Å². The van der Waals surface area contributed by atoms with Crippen molar-refractivity contribution < 1.29 is 0 Å². The molecule has 0 saturated carbocycles. The number of nitrogens with two attached hydrogens (primary N) is 1. The first kappa shape index (κ1) is 10.7. The fraction of sp³-hybridized carbons (Fsp3) is 0.545. The van der Waals surface area contributed by atoms with E-state index in [4.69, 9.17) is 17.3 Å². The first-order valence-corrected chi connectivity index (χ1v) is 5.65. The van der Waals surface area contributed by atoms with Crippen LogP contribution in [0.5, 0.6) is 0 Å². The summed E-state index contributed by atoms with van der Waals surface area (Å²) in [6.45, 7) is 4.14. The maximum absolute atomic E-state index is 5.99. The number of rotatable bonds is 1. The molecule has 0 aliphatic carbocycles. The maximum Gasteiger partial charge on any atom is 0.128 e. The second-order valence-electron chi connectivity index (χ2n) is 4.34. The van der Waals surface area contributed by atoms with Gasteiger partial charge in [-0.15, -0.1) is 0 Å². The number of anilines is 1. The number of nitrogens with zero attached hydrogens (tertiary/aromatic N) is 2. The Balaban J connectivity index is 2.12. The SMILES string of the molecule is CC1CC(N)CN(c2ccc(Cl)cn2)C1. The van der Waals surface area contributed by atoms with E-state index in [1.54, 1.807) is 6.20 Å². The van der Waals surface area contributed by atoms with E-state index in [0.717, 1.165) is 25.3 Å². The monoisotopic (exact) mass is 225 g/mol. The maximum atomic E-state index is 5.99. The van der Waals surface area contributed by atoms with Gasteiger partial charge in [-0.3, -0.25) is 0 Å². The van der Waals surface area contributed by atoms with E-state index in [1.165, 1.54) is 0 Å². The number of hydrogen-bond donors (Lipinski definition) is 1. The fourth-order valence-corrected chi connectivity index (χ4v) is 2.25. The van der Waals surface area contributed by atoms with Gasteiger partial charge in [0.15, 0.2) is 0 Å². The highest BCUT2D eigenvalue weighted by Gasteiger charge is 2.22. The van der Waals surface area contributed by atoms with Crippen molar-refractivity contribution in [2.75, 3.05) is 18.0 Å². The molecule has 15 heavy (non-hydrogen) atoms. The predicted octanol–water partition coefficient (Wildman–Crippen LogP) is 1.91. The van der Waals surface area contributed by atoms with Crippen molar-refractivity contribution in [2.24, 2.45) is 11.7 Å². The zero-order chi connectivity index (χ0) is 10.8. The second-order valence-corrected chi connectivity index (χ2v) is 4.78. The van der Waals surface area contributed by atoms with Gasteiger partial charge in [0.1, 0.15) is 5.82 Å². The molecule has 0 bridgehead atoms. The summed E-state index contributed by atoms with van der Waals surface area (Å²) in [5.41, 5.74) is 5.99. The Kier molecular flexibility index (Phi) is 3.12. The summed E-state index contributed by atoms with van der Waals surface area (Å²) in [5, 5.41) is 0.674. The van der Waals surface area contributed by atoms with Gasteiger partial charge in [0.25, 0.3) is 0 Å².